The highest BCUT2D eigenvalue weighted by Gasteiger charge is 2.25. The summed E-state index contributed by atoms with van der Waals surface area (Å²) in [5.41, 5.74) is 7.20. The number of carboxylic acid groups (broad SMARTS) is 2. The molecule has 2 rings (SSSR count). The van der Waals surface area contributed by atoms with Crippen LogP contribution >= 0.6 is 0 Å². The van der Waals surface area contributed by atoms with Gasteiger partial charge in [-0.1, -0.05) is 35.0 Å². The quantitative estimate of drug-likeness (QED) is 0.381. The highest BCUT2D eigenvalue weighted by Crippen LogP contribution is 2.17. The van der Waals surface area contributed by atoms with Crippen LogP contribution in [0.1, 0.15) is 41.7 Å². The summed E-state index contributed by atoms with van der Waals surface area (Å²) >= 11 is 0. The number of benzene rings is 1. The molecule has 0 radical (unpaired) electrons. The number of carbonyl (C=O) groups is 3. The number of hydrogen-bond acceptors (Lipinski definition) is 7. The molecule has 156 valence electrons. The second kappa shape index (κ2) is 10.2. The summed E-state index contributed by atoms with van der Waals surface area (Å²) in [5, 5.41) is 26.8. The van der Waals surface area contributed by atoms with Gasteiger partial charge in [0.15, 0.2) is 5.82 Å². The van der Waals surface area contributed by atoms with Gasteiger partial charge < -0.3 is 31.1 Å². The lowest BCUT2D eigenvalue weighted by atomic mass is 10.0. The minimum atomic E-state index is -1.20. The van der Waals surface area contributed by atoms with E-state index in [0.717, 1.165) is 11.1 Å². The average molecular weight is 405 g/mol. The average Bonchev–Trinajstić information content (AvgIpc) is 3.15. The van der Waals surface area contributed by atoms with Gasteiger partial charge in [-0.15, -0.1) is 0 Å². The molecule has 2 atom stereocenters. The van der Waals surface area contributed by atoms with E-state index in [1.807, 2.05) is 19.1 Å². The fourth-order valence-corrected chi connectivity index (χ4v) is 2.54. The summed E-state index contributed by atoms with van der Waals surface area (Å²) < 4.78 is 5.02. The van der Waals surface area contributed by atoms with E-state index in [4.69, 9.17) is 15.4 Å². The predicted molar refractivity (Wildman–Crippen MR) is 99.8 cm³/mol. The number of aryl methyl sites for hydroxylation is 1. The molecular weight excluding hydrogens is 382 g/mol. The zero-order chi connectivity index (χ0) is 21.4. The number of aromatic nitrogens is 2. The first-order chi connectivity index (χ1) is 13.8. The predicted octanol–water partition coefficient (Wildman–Crippen LogP) is 0.738. The number of nitrogens with two attached hydrogens (primary N) is 1. The highest BCUT2D eigenvalue weighted by molar-refractivity contribution is 5.83. The fraction of sp³-hybridized carbons (Fsp3) is 0.389. The van der Waals surface area contributed by atoms with Crippen molar-refractivity contribution in [3.8, 4) is 0 Å². The molecule has 0 saturated carbocycles. The highest BCUT2D eigenvalue weighted by atomic mass is 16.5. The van der Waals surface area contributed by atoms with E-state index in [9.17, 15) is 19.5 Å². The molecule has 2 aromatic rings. The summed E-state index contributed by atoms with van der Waals surface area (Å²) in [6.07, 6.45) is -0.206. The van der Waals surface area contributed by atoms with E-state index in [2.05, 4.69) is 20.8 Å². The number of aliphatic carboxylic acids is 2. The standard InChI is InChI=1S/C18H23N5O6/c1-10-2-4-11(5-3-10)8-13(17(26)27)21-18(28)20-12(6-7-15(24)25)16-22-14(9-19)23-29-16/h2-5,12-13H,6-9,19H2,1H3,(H,24,25)(H,26,27)(H2,20,21,28)/t12-,13-/m0/s1. The lowest BCUT2D eigenvalue weighted by Crippen LogP contribution is -2.48. The summed E-state index contributed by atoms with van der Waals surface area (Å²) in [7, 11) is 0. The summed E-state index contributed by atoms with van der Waals surface area (Å²) in [4.78, 5) is 38.8. The number of nitrogens with zero attached hydrogens (tertiary/aromatic N) is 2. The first kappa shape index (κ1) is 21.8. The Bertz CT molecular complexity index is 851. The van der Waals surface area contributed by atoms with Crippen LogP contribution < -0.4 is 16.4 Å². The Morgan fingerprint density at radius 3 is 2.41 bits per heavy atom. The number of amides is 2. The lowest BCUT2D eigenvalue weighted by molar-refractivity contribution is -0.139. The number of carbonyl (C=O) groups excluding carboxylic acids is 1. The number of nitrogens with one attached hydrogen (secondary N) is 2. The summed E-state index contributed by atoms with van der Waals surface area (Å²) in [6.45, 7) is 1.92. The Morgan fingerprint density at radius 2 is 1.86 bits per heavy atom. The summed E-state index contributed by atoms with van der Waals surface area (Å²) in [6, 6.07) is 4.38. The molecule has 29 heavy (non-hydrogen) atoms. The molecule has 0 saturated heterocycles. The van der Waals surface area contributed by atoms with Gasteiger partial charge in [-0.3, -0.25) is 4.79 Å². The monoisotopic (exact) mass is 405 g/mol. The van der Waals surface area contributed by atoms with Crippen LogP contribution in [0.25, 0.3) is 0 Å². The Hall–Kier alpha value is -3.47. The van der Waals surface area contributed by atoms with Crippen LogP contribution in [0, 0.1) is 6.92 Å². The van der Waals surface area contributed by atoms with Crippen molar-refractivity contribution in [2.24, 2.45) is 5.73 Å². The van der Waals surface area contributed by atoms with Crippen molar-refractivity contribution in [3.05, 3.63) is 47.1 Å². The molecule has 0 fully saturated rings. The smallest absolute Gasteiger partial charge is 0.326 e. The second-order valence-electron chi connectivity index (χ2n) is 6.44. The first-order valence-corrected chi connectivity index (χ1v) is 8.88. The van der Waals surface area contributed by atoms with E-state index in [0.29, 0.717) is 0 Å². The Morgan fingerprint density at radius 1 is 1.17 bits per heavy atom. The number of urea groups is 1. The fourth-order valence-electron chi connectivity index (χ4n) is 2.54. The third-order valence-electron chi connectivity index (χ3n) is 4.08. The van der Waals surface area contributed by atoms with Crippen molar-refractivity contribution in [2.75, 3.05) is 0 Å². The summed E-state index contributed by atoms with van der Waals surface area (Å²) in [5.74, 6) is -2.08. The second-order valence-corrected chi connectivity index (χ2v) is 6.44. The van der Waals surface area contributed by atoms with Crippen molar-refractivity contribution in [1.29, 1.82) is 0 Å². The number of rotatable bonds is 10. The van der Waals surface area contributed by atoms with Gasteiger partial charge in [-0.05, 0) is 18.9 Å². The molecule has 0 aliphatic rings. The van der Waals surface area contributed by atoms with Crippen LogP contribution in [-0.2, 0) is 22.6 Å². The van der Waals surface area contributed by atoms with Gasteiger partial charge in [-0.2, -0.15) is 4.98 Å². The van der Waals surface area contributed by atoms with Crippen LogP contribution in [0.15, 0.2) is 28.8 Å². The minimum Gasteiger partial charge on any atom is -0.481 e. The van der Waals surface area contributed by atoms with Gasteiger partial charge in [0.1, 0.15) is 12.1 Å². The molecule has 6 N–H and O–H groups in total. The van der Waals surface area contributed by atoms with Gasteiger partial charge in [0.2, 0.25) is 5.89 Å². The van der Waals surface area contributed by atoms with Gasteiger partial charge in [-0.25, -0.2) is 9.59 Å². The molecule has 0 bridgehead atoms. The molecule has 0 aliphatic heterocycles. The van der Waals surface area contributed by atoms with Crippen molar-refractivity contribution < 1.29 is 29.1 Å². The largest absolute Gasteiger partial charge is 0.481 e. The number of hydrogen-bond donors (Lipinski definition) is 5. The molecule has 0 unspecified atom stereocenters. The van der Waals surface area contributed by atoms with E-state index in [1.165, 1.54) is 0 Å². The van der Waals surface area contributed by atoms with Crippen LogP contribution in [0.2, 0.25) is 0 Å². The van der Waals surface area contributed by atoms with E-state index in [1.54, 1.807) is 12.1 Å². The Balaban J connectivity index is 2.06. The SMILES string of the molecule is Cc1ccc(C[C@H](NC(=O)N[C@@H](CCC(=O)O)c2nc(CN)no2)C(=O)O)cc1. The molecule has 0 aliphatic carbocycles. The third kappa shape index (κ3) is 6.88. The van der Waals surface area contributed by atoms with E-state index < -0.39 is 30.1 Å². The zero-order valence-corrected chi connectivity index (χ0v) is 15.8. The van der Waals surface area contributed by atoms with Crippen LogP contribution in [0.3, 0.4) is 0 Å². The first-order valence-electron chi connectivity index (χ1n) is 8.88. The van der Waals surface area contributed by atoms with Crippen molar-refractivity contribution in [3.63, 3.8) is 0 Å². The van der Waals surface area contributed by atoms with E-state index in [-0.39, 0.29) is 37.5 Å². The van der Waals surface area contributed by atoms with Crippen LogP contribution in [0.5, 0.6) is 0 Å². The topological polar surface area (TPSA) is 181 Å². The van der Waals surface area contributed by atoms with Gasteiger partial charge in [0.05, 0.1) is 6.54 Å². The Labute approximate surface area is 166 Å². The normalized spacial score (nSPS) is 12.8. The molecule has 1 aromatic carbocycles. The molecule has 11 heteroatoms. The van der Waals surface area contributed by atoms with Crippen molar-refractivity contribution in [2.45, 2.75) is 44.8 Å². The van der Waals surface area contributed by atoms with Gasteiger partial charge in [0, 0.05) is 12.8 Å². The molecular formula is C18H23N5O6. The number of carboxylic acids is 2. The zero-order valence-electron chi connectivity index (χ0n) is 15.8. The van der Waals surface area contributed by atoms with Gasteiger partial charge in [0.25, 0.3) is 0 Å². The Kier molecular flexibility index (Phi) is 7.66. The van der Waals surface area contributed by atoms with E-state index >= 15 is 0 Å². The molecule has 1 aromatic heterocycles. The molecule has 1 heterocycles. The van der Waals surface area contributed by atoms with Gasteiger partial charge >= 0.3 is 18.0 Å². The maximum Gasteiger partial charge on any atom is 0.326 e. The van der Waals surface area contributed by atoms with Crippen molar-refractivity contribution >= 4 is 18.0 Å². The van der Waals surface area contributed by atoms with Crippen molar-refractivity contribution in [1.82, 2.24) is 20.8 Å². The van der Waals surface area contributed by atoms with Crippen LogP contribution in [-0.4, -0.2) is 44.4 Å². The third-order valence-corrected chi connectivity index (χ3v) is 4.08. The van der Waals surface area contributed by atoms with Crippen LogP contribution in [0.4, 0.5) is 4.79 Å². The lowest BCUT2D eigenvalue weighted by Gasteiger charge is -2.18. The minimum absolute atomic E-state index is 0.00717. The maximum atomic E-state index is 12.4. The molecule has 0 spiro atoms. The molecule has 2 amide bonds. The molecule has 11 nitrogen and oxygen atoms in total. The maximum absolute atomic E-state index is 12.4.